The van der Waals surface area contributed by atoms with E-state index in [1.165, 1.54) is 6.08 Å². The maximum atomic E-state index is 13.4. The molecule has 4 amide bonds. The van der Waals surface area contributed by atoms with Crippen LogP contribution in [0.25, 0.3) is 16.8 Å². The zero-order valence-corrected chi connectivity index (χ0v) is 21.7. The molecule has 4 aromatic rings. The molecule has 0 atom stereocenters. The van der Waals surface area contributed by atoms with Crippen LogP contribution in [0.3, 0.4) is 0 Å². The number of benzene rings is 4. The van der Waals surface area contributed by atoms with E-state index in [0.717, 1.165) is 38.8 Å². The molecule has 0 spiro atoms. The van der Waals surface area contributed by atoms with E-state index in [-0.39, 0.29) is 12.2 Å². The summed E-state index contributed by atoms with van der Waals surface area (Å²) < 4.78 is 6.21. The van der Waals surface area contributed by atoms with E-state index >= 15 is 0 Å². The number of imide groups is 2. The number of anilines is 1. The van der Waals surface area contributed by atoms with Crippen LogP contribution < -0.4 is 15.0 Å². The summed E-state index contributed by atoms with van der Waals surface area (Å²) >= 11 is 6.27. The van der Waals surface area contributed by atoms with Gasteiger partial charge in [0.05, 0.1) is 5.69 Å². The third-order valence-corrected chi connectivity index (χ3v) is 6.86. The summed E-state index contributed by atoms with van der Waals surface area (Å²) in [5, 5.41) is 4.87. The molecular formula is C31H25ClN2O4. The van der Waals surface area contributed by atoms with Crippen molar-refractivity contribution in [1.82, 2.24) is 5.32 Å². The molecule has 0 aliphatic carbocycles. The first-order chi connectivity index (χ1) is 18.4. The van der Waals surface area contributed by atoms with E-state index in [1.807, 2.05) is 44.2 Å². The Kier molecular flexibility index (Phi) is 6.99. The Morgan fingerprint density at radius 2 is 1.71 bits per heavy atom. The van der Waals surface area contributed by atoms with Crippen LogP contribution in [0, 0.1) is 6.92 Å². The first kappa shape index (κ1) is 25.2. The summed E-state index contributed by atoms with van der Waals surface area (Å²) in [5.74, 6) is -1.05. The van der Waals surface area contributed by atoms with Crippen LogP contribution in [0.5, 0.6) is 5.75 Å². The average molecular weight is 525 g/mol. The van der Waals surface area contributed by atoms with E-state index in [4.69, 9.17) is 16.3 Å². The van der Waals surface area contributed by atoms with Crippen molar-refractivity contribution < 1.29 is 19.1 Å². The second-order valence-electron chi connectivity index (χ2n) is 9.03. The van der Waals surface area contributed by atoms with E-state index in [1.54, 1.807) is 30.3 Å². The lowest BCUT2D eigenvalue weighted by molar-refractivity contribution is -0.122. The lowest BCUT2D eigenvalue weighted by Crippen LogP contribution is -2.54. The topological polar surface area (TPSA) is 75.7 Å². The van der Waals surface area contributed by atoms with E-state index in [0.29, 0.717) is 22.0 Å². The minimum absolute atomic E-state index is 0.197. The van der Waals surface area contributed by atoms with Gasteiger partial charge < -0.3 is 4.74 Å². The molecule has 38 heavy (non-hydrogen) atoms. The SMILES string of the molecule is CCc1ccc(N2C(=O)NC(=O)/C(=C\c3cc(Cl)ccc3OCc3c(C)ccc4ccccc34)C2=O)cc1. The summed E-state index contributed by atoms with van der Waals surface area (Å²) in [4.78, 5) is 39.7. The fourth-order valence-corrected chi connectivity index (χ4v) is 4.66. The number of halogens is 1. The molecule has 1 heterocycles. The zero-order valence-electron chi connectivity index (χ0n) is 21.0. The molecule has 1 N–H and O–H groups in total. The smallest absolute Gasteiger partial charge is 0.335 e. The van der Waals surface area contributed by atoms with Gasteiger partial charge in [-0.2, -0.15) is 0 Å². The predicted molar refractivity (Wildman–Crippen MR) is 149 cm³/mol. The molecule has 4 aromatic carbocycles. The summed E-state index contributed by atoms with van der Waals surface area (Å²) in [6.45, 7) is 4.32. The Bertz CT molecular complexity index is 1610. The molecule has 0 radical (unpaired) electrons. The minimum Gasteiger partial charge on any atom is -0.488 e. The molecule has 1 aliphatic heterocycles. The predicted octanol–water partition coefficient (Wildman–Crippen LogP) is 6.61. The molecule has 1 saturated heterocycles. The van der Waals surface area contributed by atoms with Gasteiger partial charge in [0.15, 0.2) is 0 Å². The van der Waals surface area contributed by atoms with Gasteiger partial charge in [-0.1, -0.05) is 67.1 Å². The second kappa shape index (κ2) is 10.5. The maximum Gasteiger partial charge on any atom is 0.335 e. The van der Waals surface area contributed by atoms with Crippen molar-refractivity contribution in [3.63, 3.8) is 0 Å². The van der Waals surface area contributed by atoms with Crippen molar-refractivity contribution >= 4 is 52.0 Å². The number of nitrogens with one attached hydrogen (secondary N) is 1. The normalized spacial score (nSPS) is 14.8. The van der Waals surface area contributed by atoms with Crippen LogP contribution in [-0.2, 0) is 22.6 Å². The van der Waals surface area contributed by atoms with Gasteiger partial charge in [0.1, 0.15) is 17.9 Å². The van der Waals surface area contributed by atoms with E-state index in [2.05, 4.69) is 23.5 Å². The van der Waals surface area contributed by atoms with Gasteiger partial charge in [-0.3, -0.25) is 14.9 Å². The Hall–Kier alpha value is -4.42. The number of nitrogens with zero attached hydrogens (tertiary/aromatic N) is 1. The number of fused-ring (bicyclic) bond motifs is 1. The van der Waals surface area contributed by atoms with Crippen LogP contribution in [0.15, 0.2) is 84.4 Å². The van der Waals surface area contributed by atoms with Gasteiger partial charge in [0.25, 0.3) is 11.8 Å². The summed E-state index contributed by atoms with van der Waals surface area (Å²) in [6.07, 6.45) is 2.23. The average Bonchev–Trinajstić information content (AvgIpc) is 2.91. The quantitative estimate of drug-likeness (QED) is 0.227. The number of amides is 4. The summed E-state index contributed by atoms with van der Waals surface area (Å²) in [7, 11) is 0. The van der Waals surface area contributed by atoms with Gasteiger partial charge in [0.2, 0.25) is 0 Å². The number of hydrogen-bond donors (Lipinski definition) is 1. The Labute approximate surface area is 225 Å². The lowest BCUT2D eigenvalue weighted by atomic mass is 10.0. The van der Waals surface area contributed by atoms with Crippen LogP contribution in [0.2, 0.25) is 5.02 Å². The number of hydrogen-bond acceptors (Lipinski definition) is 4. The molecule has 6 nitrogen and oxygen atoms in total. The second-order valence-corrected chi connectivity index (χ2v) is 9.47. The van der Waals surface area contributed by atoms with Crippen molar-refractivity contribution in [2.24, 2.45) is 0 Å². The van der Waals surface area contributed by atoms with Gasteiger partial charge in [-0.15, -0.1) is 0 Å². The molecule has 1 aliphatic rings. The van der Waals surface area contributed by atoms with Gasteiger partial charge >= 0.3 is 6.03 Å². The third-order valence-electron chi connectivity index (χ3n) is 6.62. The Balaban J connectivity index is 1.48. The standard InChI is InChI=1S/C31H25ClN2O4/c1-3-20-9-13-24(14-10-20)34-30(36)26(29(35)33-31(34)37)17-22-16-23(32)12-15-28(22)38-18-27-19(2)8-11-21-6-4-5-7-25(21)27/h4-17H,3,18H2,1-2H3,(H,33,35,37)/b26-17+. The van der Waals surface area contributed by atoms with Gasteiger partial charge in [-0.05, 0) is 71.7 Å². The largest absolute Gasteiger partial charge is 0.488 e. The van der Waals surface area contributed by atoms with Crippen LogP contribution in [-0.4, -0.2) is 17.8 Å². The van der Waals surface area contributed by atoms with Crippen LogP contribution in [0.4, 0.5) is 10.5 Å². The Morgan fingerprint density at radius 3 is 2.47 bits per heavy atom. The summed E-state index contributed by atoms with van der Waals surface area (Å²) in [6, 6.07) is 23.5. The van der Waals surface area contributed by atoms with Crippen LogP contribution in [0.1, 0.15) is 29.2 Å². The van der Waals surface area contributed by atoms with E-state index in [9.17, 15) is 14.4 Å². The van der Waals surface area contributed by atoms with Gasteiger partial charge in [0, 0.05) is 16.1 Å². The fraction of sp³-hybridized carbons (Fsp3) is 0.129. The zero-order chi connectivity index (χ0) is 26.8. The number of aryl methyl sites for hydroxylation is 2. The number of ether oxygens (including phenoxy) is 1. The molecule has 1 fully saturated rings. The third kappa shape index (κ3) is 4.91. The number of carbonyl (C=O) groups is 3. The van der Waals surface area contributed by atoms with Crippen molar-refractivity contribution in [3.05, 3.63) is 112 Å². The van der Waals surface area contributed by atoms with Gasteiger partial charge in [-0.25, -0.2) is 9.69 Å². The number of rotatable bonds is 6. The number of urea groups is 1. The van der Waals surface area contributed by atoms with Crippen molar-refractivity contribution in [2.75, 3.05) is 4.90 Å². The highest BCUT2D eigenvalue weighted by atomic mass is 35.5. The molecule has 5 rings (SSSR count). The molecule has 0 unspecified atom stereocenters. The lowest BCUT2D eigenvalue weighted by Gasteiger charge is -2.26. The minimum atomic E-state index is -0.796. The van der Waals surface area contributed by atoms with Crippen LogP contribution >= 0.6 is 11.6 Å². The number of carbonyl (C=O) groups excluding carboxylic acids is 3. The molecule has 0 saturated carbocycles. The highest BCUT2D eigenvalue weighted by molar-refractivity contribution is 6.39. The Morgan fingerprint density at radius 1 is 0.947 bits per heavy atom. The maximum absolute atomic E-state index is 13.4. The highest BCUT2D eigenvalue weighted by Crippen LogP contribution is 2.30. The molecular weight excluding hydrogens is 500 g/mol. The first-order valence-corrected chi connectivity index (χ1v) is 12.6. The molecule has 0 aromatic heterocycles. The molecule has 190 valence electrons. The molecule has 0 bridgehead atoms. The number of barbiturate groups is 1. The van der Waals surface area contributed by atoms with E-state index < -0.39 is 17.8 Å². The summed E-state index contributed by atoms with van der Waals surface area (Å²) in [5.41, 5.74) is 3.81. The van der Waals surface area contributed by atoms with Crippen molar-refractivity contribution in [3.8, 4) is 5.75 Å². The highest BCUT2D eigenvalue weighted by Gasteiger charge is 2.37. The molecule has 7 heteroatoms. The van der Waals surface area contributed by atoms with Crippen molar-refractivity contribution in [2.45, 2.75) is 26.9 Å². The fourth-order valence-electron chi connectivity index (χ4n) is 4.48. The monoisotopic (exact) mass is 524 g/mol. The van der Waals surface area contributed by atoms with Crippen molar-refractivity contribution in [1.29, 1.82) is 0 Å². The first-order valence-electron chi connectivity index (χ1n) is 12.3.